The average molecular weight is 608 g/mol. The highest BCUT2D eigenvalue weighted by atomic mass is 32.2. The van der Waals surface area contributed by atoms with Crippen LogP contribution in [0.2, 0.25) is 0 Å². The number of hydrogen-bond acceptors (Lipinski definition) is 5. The number of aromatic nitrogens is 3. The van der Waals surface area contributed by atoms with E-state index in [1.54, 1.807) is 17.0 Å². The van der Waals surface area contributed by atoms with Gasteiger partial charge in [-0.25, -0.2) is 0 Å². The predicted octanol–water partition coefficient (Wildman–Crippen LogP) is 6.59. The topological polar surface area (TPSA) is 80.1 Å². The SMILES string of the molecule is CC(C)(C)c1ccc(C(=O)NCc2nnc(SCC(=O)N3CCCc4ccccc43)n2-c2cccc(C(F)(F)F)c2)cc1. The maximum Gasteiger partial charge on any atom is 0.416 e. The number of carbonyl (C=O) groups is 2. The number of aryl methyl sites for hydroxylation is 1. The summed E-state index contributed by atoms with van der Waals surface area (Å²) in [6.45, 7) is 6.74. The molecule has 4 aromatic rings. The van der Waals surface area contributed by atoms with Gasteiger partial charge in [0, 0.05) is 17.8 Å². The molecule has 1 aliphatic heterocycles. The molecule has 224 valence electrons. The summed E-state index contributed by atoms with van der Waals surface area (Å²) in [5, 5.41) is 11.4. The third-order valence-corrected chi connectivity index (χ3v) is 8.20. The quantitative estimate of drug-likeness (QED) is 0.240. The van der Waals surface area contributed by atoms with Crippen LogP contribution < -0.4 is 10.2 Å². The van der Waals surface area contributed by atoms with Crippen LogP contribution in [-0.4, -0.2) is 38.9 Å². The van der Waals surface area contributed by atoms with E-state index in [2.05, 4.69) is 36.3 Å². The van der Waals surface area contributed by atoms with Gasteiger partial charge in [-0.1, -0.05) is 68.9 Å². The van der Waals surface area contributed by atoms with Crippen molar-refractivity contribution in [3.05, 3.63) is 101 Å². The molecular formula is C32H32F3N5O2S. The molecule has 11 heteroatoms. The standard InChI is InChI=1S/C32H32F3N5O2S/c1-31(2,3)23-15-13-22(14-16-23)29(42)36-19-27-37-38-30(40(27)25-11-6-10-24(18-25)32(33,34)35)43-20-28(41)39-17-7-9-21-8-4-5-12-26(21)39/h4-6,8,10-16,18H,7,9,17,19-20H2,1-3H3,(H,36,42). The lowest BCUT2D eigenvalue weighted by Crippen LogP contribution is -2.36. The lowest BCUT2D eigenvalue weighted by Gasteiger charge is -2.29. The minimum absolute atomic E-state index is 0.0118. The third kappa shape index (κ3) is 6.93. The number of fused-ring (bicyclic) bond motifs is 1. The first-order valence-electron chi connectivity index (χ1n) is 13.9. The minimum atomic E-state index is -4.55. The van der Waals surface area contributed by atoms with Crippen LogP contribution in [0, 0.1) is 0 Å². The van der Waals surface area contributed by atoms with Crippen molar-refractivity contribution in [2.24, 2.45) is 0 Å². The summed E-state index contributed by atoms with van der Waals surface area (Å²) in [6.07, 6.45) is -2.81. The number of halogens is 3. The number of benzene rings is 3. The second-order valence-electron chi connectivity index (χ2n) is 11.4. The largest absolute Gasteiger partial charge is 0.416 e. The van der Waals surface area contributed by atoms with Gasteiger partial charge in [0.1, 0.15) is 0 Å². The zero-order valence-electron chi connectivity index (χ0n) is 24.1. The Morgan fingerprint density at radius 1 is 0.930 bits per heavy atom. The molecule has 0 atom stereocenters. The second kappa shape index (κ2) is 12.2. The number of rotatable bonds is 7. The molecule has 0 radical (unpaired) electrons. The van der Waals surface area contributed by atoms with Gasteiger partial charge in [0.15, 0.2) is 11.0 Å². The highest BCUT2D eigenvalue weighted by Crippen LogP contribution is 2.33. The molecule has 7 nitrogen and oxygen atoms in total. The number of anilines is 1. The Morgan fingerprint density at radius 2 is 1.67 bits per heavy atom. The van der Waals surface area contributed by atoms with Crippen LogP contribution in [0.3, 0.4) is 0 Å². The first-order chi connectivity index (χ1) is 20.4. The number of nitrogens with one attached hydrogen (secondary N) is 1. The van der Waals surface area contributed by atoms with Gasteiger partial charge in [-0.15, -0.1) is 10.2 Å². The van der Waals surface area contributed by atoms with E-state index in [9.17, 15) is 22.8 Å². The second-order valence-corrected chi connectivity index (χ2v) is 12.3. The summed E-state index contributed by atoms with van der Waals surface area (Å²) >= 11 is 1.09. The fourth-order valence-electron chi connectivity index (χ4n) is 4.97. The van der Waals surface area contributed by atoms with E-state index in [-0.39, 0.29) is 46.2 Å². The van der Waals surface area contributed by atoms with Crippen LogP contribution in [0.4, 0.5) is 18.9 Å². The summed E-state index contributed by atoms with van der Waals surface area (Å²) in [5.41, 5.74) is 2.78. The summed E-state index contributed by atoms with van der Waals surface area (Å²) in [5.74, 6) is -0.244. The number of thioether (sulfide) groups is 1. The fourth-order valence-corrected chi connectivity index (χ4v) is 5.82. The van der Waals surface area contributed by atoms with Gasteiger partial charge < -0.3 is 10.2 Å². The number of carbonyl (C=O) groups excluding carboxylic acids is 2. The summed E-state index contributed by atoms with van der Waals surface area (Å²) in [7, 11) is 0. The van der Waals surface area contributed by atoms with Gasteiger partial charge >= 0.3 is 6.18 Å². The van der Waals surface area contributed by atoms with Gasteiger partial charge in [0.05, 0.1) is 23.5 Å². The minimum Gasteiger partial charge on any atom is -0.345 e. The normalized spacial score (nSPS) is 13.5. The number of para-hydroxylation sites is 1. The third-order valence-electron chi connectivity index (χ3n) is 7.29. The highest BCUT2D eigenvalue weighted by molar-refractivity contribution is 7.99. The van der Waals surface area contributed by atoms with Crippen LogP contribution in [-0.2, 0) is 29.4 Å². The zero-order chi connectivity index (χ0) is 30.8. The molecule has 1 aliphatic rings. The molecule has 0 unspecified atom stereocenters. The van der Waals surface area contributed by atoms with Gasteiger partial charge in [-0.3, -0.25) is 14.2 Å². The van der Waals surface area contributed by atoms with Crippen LogP contribution in [0.1, 0.15) is 60.1 Å². The maximum atomic E-state index is 13.6. The number of amides is 2. The Morgan fingerprint density at radius 3 is 2.40 bits per heavy atom. The smallest absolute Gasteiger partial charge is 0.345 e. The highest BCUT2D eigenvalue weighted by Gasteiger charge is 2.31. The van der Waals surface area contributed by atoms with Gasteiger partial charge in [-0.2, -0.15) is 13.2 Å². The Hall–Kier alpha value is -4.12. The summed E-state index contributed by atoms with van der Waals surface area (Å²) in [6, 6.07) is 19.8. The van der Waals surface area contributed by atoms with Crippen LogP contribution in [0.25, 0.3) is 5.69 Å². The lowest BCUT2D eigenvalue weighted by atomic mass is 9.87. The van der Waals surface area contributed by atoms with Crippen molar-refractivity contribution in [2.45, 2.75) is 56.9 Å². The maximum absolute atomic E-state index is 13.6. The molecule has 0 bridgehead atoms. The van der Waals surface area contributed by atoms with Crippen LogP contribution >= 0.6 is 11.8 Å². The van der Waals surface area contributed by atoms with Crippen molar-refractivity contribution in [1.82, 2.24) is 20.1 Å². The number of nitrogens with zero attached hydrogens (tertiary/aromatic N) is 4. The van der Waals surface area contributed by atoms with E-state index in [1.165, 1.54) is 16.7 Å². The molecule has 3 aromatic carbocycles. The number of hydrogen-bond donors (Lipinski definition) is 1. The predicted molar refractivity (Wildman–Crippen MR) is 161 cm³/mol. The molecular weight excluding hydrogens is 575 g/mol. The first kappa shape index (κ1) is 30.3. The Labute approximate surface area is 252 Å². The van der Waals surface area contributed by atoms with Crippen molar-refractivity contribution in [1.29, 1.82) is 0 Å². The van der Waals surface area contributed by atoms with E-state index in [1.807, 2.05) is 36.4 Å². The Balaban J connectivity index is 1.38. The fraction of sp³-hybridized carbons (Fsp3) is 0.312. The molecule has 0 saturated carbocycles. The molecule has 1 N–H and O–H groups in total. The van der Waals surface area contributed by atoms with Crippen molar-refractivity contribution in [3.8, 4) is 5.69 Å². The molecule has 43 heavy (non-hydrogen) atoms. The van der Waals surface area contributed by atoms with Crippen LogP contribution in [0.15, 0.2) is 78.0 Å². The molecule has 5 rings (SSSR count). The van der Waals surface area contributed by atoms with Gasteiger partial charge in [0.25, 0.3) is 5.91 Å². The first-order valence-corrected chi connectivity index (χ1v) is 14.9. The van der Waals surface area contributed by atoms with E-state index >= 15 is 0 Å². The lowest BCUT2D eigenvalue weighted by molar-refractivity contribution is -0.137. The van der Waals surface area contributed by atoms with Crippen molar-refractivity contribution in [2.75, 3.05) is 17.2 Å². The molecule has 2 heterocycles. The van der Waals surface area contributed by atoms with Crippen molar-refractivity contribution >= 4 is 29.3 Å². The van der Waals surface area contributed by atoms with E-state index in [0.29, 0.717) is 12.1 Å². The molecule has 1 aromatic heterocycles. The molecule has 2 amide bonds. The summed E-state index contributed by atoms with van der Waals surface area (Å²) < 4.78 is 42.2. The van der Waals surface area contributed by atoms with Crippen molar-refractivity contribution < 1.29 is 22.8 Å². The van der Waals surface area contributed by atoms with Crippen molar-refractivity contribution in [3.63, 3.8) is 0 Å². The molecule has 0 spiro atoms. The zero-order valence-corrected chi connectivity index (χ0v) is 24.9. The van der Waals surface area contributed by atoms with E-state index in [0.717, 1.165) is 53.6 Å². The van der Waals surface area contributed by atoms with E-state index < -0.39 is 11.7 Å². The Kier molecular flexibility index (Phi) is 8.64. The average Bonchev–Trinajstić information content (AvgIpc) is 3.40. The molecule has 0 aliphatic carbocycles. The summed E-state index contributed by atoms with van der Waals surface area (Å²) in [4.78, 5) is 28.0. The van der Waals surface area contributed by atoms with E-state index in [4.69, 9.17) is 0 Å². The Bertz CT molecular complexity index is 1630. The van der Waals surface area contributed by atoms with Crippen LogP contribution in [0.5, 0.6) is 0 Å². The monoisotopic (exact) mass is 607 g/mol. The van der Waals surface area contributed by atoms with Gasteiger partial charge in [0.2, 0.25) is 5.91 Å². The van der Waals surface area contributed by atoms with Gasteiger partial charge in [-0.05, 0) is 65.8 Å². The number of alkyl halides is 3. The molecule has 0 saturated heterocycles. The molecule has 0 fully saturated rings.